The smallest absolute Gasteiger partial charge is 0.138 e. The highest BCUT2D eigenvalue weighted by Gasteiger charge is 2.18. The van der Waals surface area contributed by atoms with Gasteiger partial charge in [0.05, 0.1) is 0 Å². The Bertz CT molecular complexity index is 584. The molecule has 0 saturated heterocycles. The van der Waals surface area contributed by atoms with Gasteiger partial charge in [-0.15, -0.1) is 0 Å². The summed E-state index contributed by atoms with van der Waals surface area (Å²) < 4.78 is 18.9. The highest BCUT2D eigenvalue weighted by molar-refractivity contribution is 6.31. The van der Waals surface area contributed by atoms with Crippen LogP contribution in [0.15, 0.2) is 42.5 Å². The number of rotatable bonds is 4. The molecule has 2 atom stereocenters. The molecule has 2 aromatic rings. The Balaban J connectivity index is 2.25. The van der Waals surface area contributed by atoms with Crippen molar-refractivity contribution in [2.45, 2.75) is 26.0 Å². The monoisotopic (exact) mass is 293 g/mol. The molecule has 106 valence electrons. The van der Waals surface area contributed by atoms with Crippen molar-refractivity contribution in [3.05, 3.63) is 64.4 Å². The van der Waals surface area contributed by atoms with Gasteiger partial charge < -0.3 is 10.5 Å². The van der Waals surface area contributed by atoms with Gasteiger partial charge in [-0.25, -0.2) is 4.39 Å². The number of nitrogens with two attached hydrogens (primary N) is 1. The van der Waals surface area contributed by atoms with E-state index in [1.165, 1.54) is 12.1 Å². The third-order valence-corrected chi connectivity index (χ3v) is 3.49. The van der Waals surface area contributed by atoms with Crippen LogP contribution in [0.4, 0.5) is 4.39 Å². The molecule has 20 heavy (non-hydrogen) atoms. The van der Waals surface area contributed by atoms with E-state index in [4.69, 9.17) is 22.1 Å². The number of benzene rings is 2. The van der Waals surface area contributed by atoms with Crippen molar-refractivity contribution in [1.29, 1.82) is 0 Å². The Morgan fingerprint density at radius 1 is 1.15 bits per heavy atom. The largest absolute Gasteiger partial charge is 0.484 e. The van der Waals surface area contributed by atoms with E-state index in [9.17, 15) is 4.39 Å². The molecular weight excluding hydrogens is 277 g/mol. The minimum Gasteiger partial charge on any atom is -0.484 e. The standard InChI is InChI=1S/C16H17ClFNO/c1-10-9-14(7-8-15(10)17)20-16(11(2)19)12-3-5-13(18)6-4-12/h3-9,11,16H,19H2,1-2H3. The van der Waals surface area contributed by atoms with Crippen LogP contribution in [0.3, 0.4) is 0 Å². The molecule has 2 nitrogen and oxygen atoms in total. The van der Waals surface area contributed by atoms with E-state index in [0.29, 0.717) is 10.8 Å². The van der Waals surface area contributed by atoms with Crippen molar-refractivity contribution in [3.63, 3.8) is 0 Å². The Morgan fingerprint density at radius 2 is 1.80 bits per heavy atom. The molecule has 2 unspecified atom stereocenters. The Morgan fingerprint density at radius 3 is 2.35 bits per heavy atom. The van der Waals surface area contributed by atoms with Gasteiger partial charge in [-0.2, -0.15) is 0 Å². The molecule has 0 aliphatic heterocycles. The van der Waals surface area contributed by atoms with E-state index in [0.717, 1.165) is 11.1 Å². The molecule has 0 heterocycles. The van der Waals surface area contributed by atoms with E-state index in [-0.39, 0.29) is 18.0 Å². The highest BCUT2D eigenvalue weighted by atomic mass is 35.5. The first kappa shape index (κ1) is 14.8. The number of hydrogen-bond donors (Lipinski definition) is 1. The van der Waals surface area contributed by atoms with E-state index in [1.807, 2.05) is 19.9 Å². The zero-order valence-electron chi connectivity index (χ0n) is 11.4. The third-order valence-electron chi connectivity index (χ3n) is 3.07. The van der Waals surface area contributed by atoms with Crippen LogP contribution < -0.4 is 10.5 Å². The molecule has 2 N–H and O–H groups in total. The Kier molecular flexibility index (Phi) is 4.63. The van der Waals surface area contributed by atoms with E-state index >= 15 is 0 Å². The molecule has 0 aromatic heterocycles. The maximum Gasteiger partial charge on any atom is 0.138 e. The van der Waals surface area contributed by atoms with Gasteiger partial charge in [-0.3, -0.25) is 0 Å². The predicted octanol–water partition coefficient (Wildman–Crippen LogP) is 4.25. The second-order valence-corrected chi connectivity index (χ2v) is 5.27. The van der Waals surface area contributed by atoms with Crippen LogP contribution in [0.2, 0.25) is 5.02 Å². The van der Waals surface area contributed by atoms with Crippen LogP contribution in [0.1, 0.15) is 24.2 Å². The number of aryl methyl sites for hydroxylation is 1. The summed E-state index contributed by atoms with van der Waals surface area (Å²) >= 11 is 5.99. The van der Waals surface area contributed by atoms with Crippen molar-refractivity contribution in [1.82, 2.24) is 0 Å². The van der Waals surface area contributed by atoms with Crippen molar-refractivity contribution < 1.29 is 9.13 Å². The summed E-state index contributed by atoms with van der Waals surface area (Å²) in [4.78, 5) is 0. The Hall–Kier alpha value is -1.58. The Labute approximate surface area is 123 Å². The van der Waals surface area contributed by atoms with E-state index in [1.54, 1.807) is 24.3 Å². The second kappa shape index (κ2) is 6.25. The molecule has 0 bridgehead atoms. The molecule has 0 aliphatic carbocycles. The number of ether oxygens (including phenoxy) is 1. The normalized spacial score (nSPS) is 13.8. The van der Waals surface area contributed by atoms with E-state index < -0.39 is 0 Å². The summed E-state index contributed by atoms with van der Waals surface area (Å²) in [5.74, 6) is 0.415. The maximum atomic E-state index is 13.0. The fraction of sp³-hybridized carbons (Fsp3) is 0.250. The molecule has 0 fully saturated rings. The van der Waals surface area contributed by atoms with Gasteiger partial charge in [0.15, 0.2) is 0 Å². The quantitative estimate of drug-likeness (QED) is 0.914. The lowest BCUT2D eigenvalue weighted by atomic mass is 10.0. The molecule has 4 heteroatoms. The molecule has 0 saturated carbocycles. The average molecular weight is 294 g/mol. The molecule has 0 spiro atoms. The molecule has 0 amide bonds. The topological polar surface area (TPSA) is 35.2 Å². The molecule has 0 radical (unpaired) electrons. The second-order valence-electron chi connectivity index (χ2n) is 4.86. The fourth-order valence-electron chi connectivity index (χ4n) is 1.97. The molecule has 0 aliphatic rings. The average Bonchev–Trinajstić information content (AvgIpc) is 2.41. The molecular formula is C16H17ClFNO. The first-order valence-corrected chi connectivity index (χ1v) is 6.79. The van der Waals surface area contributed by atoms with Crippen LogP contribution in [-0.2, 0) is 0 Å². The van der Waals surface area contributed by atoms with Crippen molar-refractivity contribution in [2.24, 2.45) is 5.73 Å². The van der Waals surface area contributed by atoms with Gasteiger partial charge in [0.25, 0.3) is 0 Å². The van der Waals surface area contributed by atoms with Gasteiger partial charge in [-0.05, 0) is 55.3 Å². The first-order valence-electron chi connectivity index (χ1n) is 6.41. The number of hydrogen-bond acceptors (Lipinski definition) is 2. The zero-order chi connectivity index (χ0) is 14.7. The summed E-state index contributed by atoms with van der Waals surface area (Å²) in [5.41, 5.74) is 7.76. The van der Waals surface area contributed by atoms with Crippen LogP contribution in [-0.4, -0.2) is 6.04 Å². The van der Waals surface area contributed by atoms with Gasteiger partial charge in [0.2, 0.25) is 0 Å². The summed E-state index contributed by atoms with van der Waals surface area (Å²) in [6.45, 7) is 3.77. The molecule has 2 aromatic carbocycles. The summed E-state index contributed by atoms with van der Waals surface area (Å²) in [7, 11) is 0. The summed E-state index contributed by atoms with van der Waals surface area (Å²) in [6, 6.07) is 11.4. The zero-order valence-corrected chi connectivity index (χ0v) is 12.2. The maximum absolute atomic E-state index is 13.0. The highest BCUT2D eigenvalue weighted by Crippen LogP contribution is 2.27. The van der Waals surface area contributed by atoms with Gasteiger partial charge in [-0.1, -0.05) is 23.7 Å². The lowest BCUT2D eigenvalue weighted by Gasteiger charge is -2.23. The minimum absolute atomic E-state index is 0.226. The lowest BCUT2D eigenvalue weighted by Crippen LogP contribution is -2.29. The predicted molar refractivity (Wildman–Crippen MR) is 79.6 cm³/mol. The van der Waals surface area contributed by atoms with E-state index in [2.05, 4.69) is 0 Å². The molecule has 2 rings (SSSR count). The van der Waals surface area contributed by atoms with Crippen molar-refractivity contribution >= 4 is 11.6 Å². The number of halogens is 2. The first-order chi connectivity index (χ1) is 9.47. The summed E-state index contributed by atoms with van der Waals surface area (Å²) in [5, 5.41) is 0.691. The SMILES string of the molecule is Cc1cc(OC(c2ccc(F)cc2)C(C)N)ccc1Cl. The van der Waals surface area contributed by atoms with Crippen molar-refractivity contribution in [3.8, 4) is 5.75 Å². The summed E-state index contributed by atoms with van der Waals surface area (Å²) in [6.07, 6.45) is -0.337. The van der Waals surface area contributed by atoms with Gasteiger partial charge in [0.1, 0.15) is 17.7 Å². The van der Waals surface area contributed by atoms with Crippen molar-refractivity contribution in [2.75, 3.05) is 0 Å². The van der Waals surface area contributed by atoms with Gasteiger partial charge >= 0.3 is 0 Å². The minimum atomic E-state index is -0.337. The van der Waals surface area contributed by atoms with Crippen LogP contribution in [0.25, 0.3) is 0 Å². The van der Waals surface area contributed by atoms with Crippen LogP contribution >= 0.6 is 11.6 Å². The third kappa shape index (κ3) is 3.50. The van der Waals surface area contributed by atoms with Crippen LogP contribution in [0.5, 0.6) is 5.75 Å². The lowest BCUT2D eigenvalue weighted by molar-refractivity contribution is 0.180. The van der Waals surface area contributed by atoms with Crippen LogP contribution in [0, 0.1) is 12.7 Å². The van der Waals surface area contributed by atoms with Gasteiger partial charge in [0, 0.05) is 11.1 Å². The fourth-order valence-corrected chi connectivity index (χ4v) is 2.09.